The van der Waals surface area contributed by atoms with Crippen LogP contribution in [-0.4, -0.2) is 22.4 Å². The van der Waals surface area contributed by atoms with E-state index in [9.17, 15) is 5.11 Å². The summed E-state index contributed by atoms with van der Waals surface area (Å²) in [4.78, 5) is 0. The van der Waals surface area contributed by atoms with E-state index in [1.807, 2.05) is 6.92 Å². The molecule has 1 fully saturated rings. The molecule has 0 amide bonds. The van der Waals surface area contributed by atoms with Gasteiger partial charge in [-0.1, -0.05) is 11.6 Å². The molecule has 0 saturated heterocycles. The molecule has 1 rings (SSSR count). The number of hydrogen-bond acceptors (Lipinski definition) is 2. The number of hydrogen-bond donors (Lipinski definition) is 2. The average molecular weight is 240 g/mol. The van der Waals surface area contributed by atoms with E-state index in [2.05, 4.69) is 19.9 Å². The van der Waals surface area contributed by atoms with Gasteiger partial charge in [0.05, 0.1) is 5.60 Å². The van der Waals surface area contributed by atoms with Crippen LogP contribution in [-0.2, 0) is 0 Å². The Kier molecular flexibility index (Phi) is 5.68. The van der Waals surface area contributed by atoms with Crippen LogP contribution in [0.1, 0.15) is 59.3 Å². The van der Waals surface area contributed by atoms with Gasteiger partial charge in [0.2, 0.25) is 0 Å². The van der Waals surface area contributed by atoms with Crippen LogP contribution in [0, 0.1) is 11.8 Å². The van der Waals surface area contributed by atoms with Crippen LogP contribution in [0.5, 0.6) is 0 Å². The lowest BCUT2D eigenvalue weighted by molar-refractivity contribution is -0.0314. The molecular formula is C15H28O2. The van der Waals surface area contributed by atoms with Crippen LogP contribution in [0.2, 0.25) is 0 Å². The molecule has 0 heterocycles. The maximum absolute atomic E-state index is 10.5. The molecule has 1 saturated carbocycles. The van der Waals surface area contributed by atoms with E-state index in [4.69, 9.17) is 5.11 Å². The summed E-state index contributed by atoms with van der Waals surface area (Å²) >= 11 is 0. The zero-order valence-corrected chi connectivity index (χ0v) is 11.6. The van der Waals surface area contributed by atoms with Gasteiger partial charge in [0.1, 0.15) is 0 Å². The van der Waals surface area contributed by atoms with E-state index in [-0.39, 0.29) is 0 Å². The number of aliphatic hydroxyl groups excluding tert-OH is 1. The predicted octanol–water partition coefficient (Wildman–Crippen LogP) is 3.28. The lowest BCUT2D eigenvalue weighted by Gasteiger charge is -2.37. The highest BCUT2D eigenvalue weighted by Gasteiger charge is 2.34. The molecule has 100 valence electrons. The van der Waals surface area contributed by atoms with Gasteiger partial charge < -0.3 is 10.2 Å². The van der Waals surface area contributed by atoms with Crippen LogP contribution in [0.25, 0.3) is 0 Å². The quantitative estimate of drug-likeness (QED) is 0.724. The summed E-state index contributed by atoms with van der Waals surface area (Å²) in [5.41, 5.74) is 0.789. The summed E-state index contributed by atoms with van der Waals surface area (Å²) in [6, 6.07) is 0. The van der Waals surface area contributed by atoms with Gasteiger partial charge in [-0.25, -0.2) is 0 Å². The Balaban J connectivity index is 2.40. The van der Waals surface area contributed by atoms with E-state index >= 15 is 0 Å². The molecule has 2 N–H and O–H groups in total. The van der Waals surface area contributed by atoms with Crippen molar-refractivity contribution in [2.45, 2.75) is 64.9 Å². The number of allylic oxidation sites excluding steroid dienone is 2. The first-order valence-corrected chi connectivity index (χ1v) is 6.92. The van der Waals surface area contributed by atoms with Crippen molar-refractivity contribution in [3.63, 3.8) is 0 Å². The predicted molar refractivity (Wildman–Crippen MR) is 71.8 cm³/mol. The third-order valence-electron chi connectivity index (χ3n) is 4.19. The fraction of sp³-hybridized carbons (Fsp3) is 0.867. The van der Waals surface area contributed by atoms with Gasteiger partial charge >= 0.3 is 0 Å². The molecular weight excluding hydrogens is 212 g/mol. The van der Waals surface area contributed by atoms with Crippen LogP contribution < -0.4 is 0 Å². The second-order valence-electron chi connectivity index (χ2n) is 6.08. The van der Waals surface area contributed by atoms with Gasteiger partial charge in [0.15, 0.2) is 0 Å². The topological polar surface area (TPSA) is 40.5 Å². The second-order valence-corrected chi connectivity index (χ2v) is 6.08. The van der Waals surface area contributed by atoms with Crippen molar-refractivity contribution in [1.82, 2.24) is 0 Å². The highest BCUT2D eigenvalue weighted by Crippen LogP contribution is 2.37. The first kappa shape index (κ1) is 14.7. The smallest absolute Gasteiger partial charge is 0.0650 e. The molecule has 0 aromatic carbocycles. The van der Waals surface area contributed by atoms with Gasteiger partial charge in [-0.15, -0.1) is 0 Å². The fourth-order valence-electron chi connectivity index (χ4n) is 2.82. The summed E-state index contributed by atoms with van der Waals surface area (Å²) in [6.45, 7) is 6.49. The minimum Gasteiger partial charge on any atom is -0.396 e. The highest BCUT2D eigenvalue weighted by atomic mass is 16.3. The lowest BCUT2D eigenvalue weighted by Crippen LogP contribution is -2.37. The zero-order chi connectivity index (χ0) is 12.9. The summed E-state index contributed by atoms with van der Waals surface area (Å²) in [6.07, 6.45) is 8.29. The summed E-state index contributed by atoms with van der Waals surface area (Å²) in [5.74, 6) is 0.885. The maximum Gasteiger partial charge on any atom is 0.0650 e. The molecule has 1 atom stereocenters. The Hall–Kier alpha value is -0.340. The summed E-state index contributed by atoms with van der Waals surface area (Å²) in [7, 11) is 0. The molecule has 0 aromatic heterocycles. The molecule has 0 bridgehead atoms. The minimum atomic E-state index is -0.535. The van der Waals surface area contributed by atoms with E-state index < -0.39 is 5.60 Å². The largest absolute Gasteiger partial charge is 0.396 e. The molecule has 2 nitrogen and oxygen atoms in total. The molecule has 0 aromatic rings. The first-order chi connectivity index (χ1) is 7.95. The molecule has 17 heavy (non-hydrogen) atoms. The van der Waals surface area contributed by atoms with Crippen molar-refractivity contribution in [2.75, 3.05) is 6.61 Å². The summed E-state index contributed by atoms with van der Waals surface area (Å²) in [5, 5.41) is 19.6. The third-order valence-corrected chi connectivity index (χ3v) is 4.19. The van der Waals surface area contributed by atoms with Crippen molar-refractivity contribution < 1.29 is 10.2 Å². The Morgan fingerprint density at radius 1 is 1.24 bits per heavy atom. The average Bonchev–Trinajstić information content (AvgIpc) is 2.28. The molecule has 1 aliphatic carbocycles. The van der Waals surface area contributed by atoms with Crippen molar-refractivity contribution >= 4 is 0 Å². The minimum absolute atomic E-state index is 0.312. The molecule has 0 aliphatic heterocycles. The number of rotatable bonds is 5. The van der Waals surface area contributed by atoms with Crippen LogP contribution in [0.4, 0.5) is 0 Å². The molecule has 0 spiro atoms. The van der Waals surface area contributed by atoms with Crippen molar-refractivity contribution in [3.05, 3.63) is 11.6 Å². The Bertz CT molecular complexity index is 244. The van der Waals surface area contributed by atoms with Crippen LogP contribution in [0.3, 0.4) is 0 Å². The van der Waals surface area contributed by atoms with Gasteiger partial charge in [0.25, 0.3) is 0 Å². The van der Waals surface area contributed by atoms with Crippen LogP contribution in [0.15, 0.2) is 11.6 Å². The number of aliphatic hydroxyl groups is 2. The Morgan fingerprint density at radius 3 is 2.29 bits per heavy atom. The van der Waals surface area contributed by atoms with Crippen molar-refractivity contribution in [3.8, 4) is 0 Å². The highest BCUT2D eigenvalue weighted by molar-refractivity contribution is 4.95. The van der Waals surface area contributed by atoms with Gasteiger partial charge in [-0.05, 0) is 71.1 Å². The summed E-state index contributed by atoms with van der Waals surface area (Å²) < 4.78 is 0. The van der Waals surface area contributed by atoms with Gasteiger partial charge in [-0.3, -0.25) is 0 Å². The SMILES string of the molecule is CC(C)=CCC[C@](C)(O)C1CCC(CO)CC1. The third kappa shape index (κ3) is 4.81. The monoisotopic (exact) mass is 240 g/mol. The van der Waals surface area contributed by atoms with Crippen molar-refractivity contribution in [2.24, 2.45) is 11.8 Å². The van der Waals surface area contributed by atoms with E-state index in [1.54, 1.807) is 0 Å². The fourth-order valence-corrected chi connectivity index (χ4v) is 2.82. The lowest BCUT2D eigenvalue weighted by atomic mass is 9.73. The van der Waals surface area contributed by atoms with E-state index in [1.165, 1.54) is 5.57 Å². The Morgan fingerprint density at radius 2 is 1.82 bits per heavy atom. The van der Waals surface area contributed by atoms with Gasteiger partial charge in [0, 0.05) is 6.61 Å². The molecule has 0 radical (unpaired) electrons. The second kappa shape index (κ2) is 6.55. The van der Waals surface area contributed by atoms with E-state index in [0.717, 1.165) is 38.5 Å². The maximum atomic E-state index is 10.5. The van der Waals surface area contributed by atoms with E-state index in [0.29, 0.717) is 18.4 Å². The van der Waals surface area contributed by atoms with Crippen molar-refractivity contribution in [1.29, 1.82) is 0 Å². The van der Waals surface area contributed by atoms with Crippen LogP contribution >= 0.6 is 0 Å². The zero-order valence-electron chi connectivity index (χ0n) is 11.6. The van der Waals surface area contributed by atoms with Gasteiger partial charge in [-0.2, -0.15) is 0 Å². The Labute approximate surface area is 106 Å². The molecule has 2 heteroatoms. The normalized spacial score (nSPS) is 28.5. The first-order valence-electron chi connectivity index (χ1n) is 6.92. The standard InChI is InChI=1S/C15H28O2/c1-12(2)5-4-10-15(3,17)14-8-6-13(11-16)7-9-14/h5,13-14,16-17H,4,6-11H2,1-3H3/t13?,14?,15-/m0/s1. The molecule has 0 unspecified atom stereocenters. The molecule has 1 aliphatic rings.